The normalized spacial score (nSPS) is 13.5. The van der Waals surface area contributed by atoms with Crippen LogP contribution in [-0.2, 0) is 4.79 Å². The van der Waals surface area contributed by atoms with Crippen LogP contribution in [-0.4, -0.2) is 19.1 Å². The third-order valence-corrected chi connectivity index (χ3v) is 3.99. The number of halogens is 1. The van der Waals surface area contributed by atoms with E-state index in [-0.39, 0.29) is 24.4 Å². The first-order valence-corrected chi connectivity index (χ1v) is 7.96. The summed E-state index contributed by atoms with van der Waals surface area (Å²) in [6.07, 6.45) is 0.662. The quantitative estimate of drug-likeness (QED) is 0.828. The van der Waals surface area contributed by atoms with Crippen molar-refractivity contribution < 1.29 is 13.9 Å². The highest BCUT2D eigenvalue weighted by atomic mass is 35.5. The SMILES string of the molecule is COc1ccc2oc(C(C)NC(=O)[C@@H](N)CC(C)C)c(C)c2c1.Cl. The Bertz CT molecular complexity index is 697. The number of carbonyl (C=O) groups is 1. The summed E-state index contributed by atoms with van der Waals surface area (Å²) in [7, 11) is 1.64. The topological polar surface area (TPSA) is 77.5 Å². The van der Waals surface area contributed by atoms with Crippen LogP contribution in [0.2, 0.25) is 0 Å². The maximum atomic E-state index is 12.2. The Balaban J connectivity index is 0.00000288. The zero-order valence-corrected chi connectivity index (χ0v) is 15.7. The van der Waals surface area contributed by atoms with Crippen molar-refractivity contribution in [3.05, 3.63) is 29.5 Å². The van der Waals surface area contributed by atoms with Crippen LogP contribution in [0.5, 0.6) is 5.75 Å². The second-order valence-electron chi connectivity index (χ2n) is 6.42. The predicted molar refractivity (Wildman–Crippen MR) is 98.7 cm³/mol. The van der Waals surface area contributed by atoms with Gasteiger partial charge >= 0.3 is 0 Å². The van der Waals surface area contributed by atoms with Gasteiger partial charge in [-0.1, -0.05) is 13.8 Å². The lowest BCUT2D eigenvalue weighted by Gasteiger charge is -2.18. The van der Waals surface area contributed by atoms with Crippen molar-refractivity contribution in [2.75, 3.05) is 7.11 Å². The monoisotopic (exact) mass is 354 g/mol. The number of benzene rings is 1. The van der Waals surface area contributed by atoms with E-state index in [0.29, 0.717) is 12.3 Å². The minimum Gasteiger partial charge on any atom is -0.497 e. The van der Waals surface area contributed by atoms with Gasteiger partial charge in [-0.3, -0.25) is 4.79 Å². The van der Waals surface area contributed by atoms with Crippen LogP contribution in [0.3, 0.4) is 0 Å². The number of ether oxygens (including phenoxy) is 1. The molecule has 0 saturated heterocycles. The Kier molecular flexibility index (Phi) is 7.11. The van der Waals surface area contributed by atoms with Gasteiger partial charge in [-0.2, -0.15) is 0 Å². The molecular weight excluding hydrogens is 328 g/mol. The largest absolute Gasteiger partial charge is 0.497 e. The lowest BCUT2D eigenvalue weighted by atomic mass is 10.0. The molecule has 0 aliphatic rings. The summed E-state index contributed by atoms with van der Waals surface area (Å²) in [5.74, 6) is 1.76. The highest BCUT2D eigenvalue weighted by Gasteiger charge is 2.22. The highest BCUT2D eigenvalue weighted by molar-refractivity contribution is 5.85. The first-order valence-electron chi connectivity index (χ1n) is 7.96. The zero-order chi connectivity index (χ0) is 17.1. The minimum atomic E-state index is -0.498. The molecule has 0 aliphatic carbocycles. The van der Waals surface area contributed by atoms with E-state index in [1.165, 1.54) is 0 Å². The van der Waals surface area contributed by atoms with Crippen molar-refractivity contribution in [3.63, 3.8) is 0 Å². The van der Waals surface area contributed by atoms with Crippen molar-refractivity contribution in [3.8, 4) is 5.75 Å². The molecule has 6 heteroatoms. The van der Waals surface area contributed by atoms with Crippen LogP contribution in [0.15, 0.2) is 22.6 Å². The van der Waals surface area contributed by atoms with Gasteiger partial charge in [0.05, 0.1) is 19.2 Å². The van der Waals surface area contributed by atoms with Crippen LogP contribution in [0.25, 0.3) is 11.0 Å². The molecule has 1 heterocycles. The third-order valence-electron chi connectivity index (χ3n) is 3.99. The van der Waals surface area contributed by atoms with Crippen LogP contribution >= 0.6 is 12.4 Å². The van der Waals surface area contributed by atoms with Gasteiger partial charge in [0.1, 0.15) is 17.1 Å². The number of amides is 1. The number of rotatable bonds is 6. The number of methoxy groups -OCH3 is 1. The molecule has 1 amide bonds. The molecule has 5 nitrogen and oxygen atoms in total. The van der Waals surface area contributed by atoms with Crippen LogP contribution in [0.4, 0.5) is 0 Å². The molecule has 2 atom stereocenters. The average Bonchev–Trinajstić information content (AvgIpc) is 2.83. The van der Waals surface area contributed by atoms with Gasteiger partial charge < -0.3 is 20.2 Å². The summed E-state index contributed by atoms with van der Waals surface area (Å²) in [5, 5.41) is 3.94. The minimum absolute atomic E-state index is 0. The molecule has 1 aromatic heterocycles. The molecule has 3 N–H and O–H groups in total. The van der Waals surface area contributed by atoms with E-state index in [1.807, 2.05) is 45.9 Å². The molecule has 0 saturated carbocycles. The maximum Gasteiger partial charge on any atom is 0.237 e. The Hall–Kier alpha value is -1.72. The van der Waals surface area contributed by atoms with E-state index in [9.17, 15) is 4.79 Å². The van der Waals surface area contributed by atoms with Crippen LogP contribution in [0.1, 0.15) is 44.6 Å². The molecule has 0 fully saturated rings. The summed E-state index contributed by atoms with van der Waals surface area (Å²) < 4.78 is 11.2. The molecule has 1 aromatic carbocycles. The fourth-order valence-corrected chi connectivity index (χ4v) is 2.76. The Labute approximate surface area is 149 Å². The van der Waals surface area contributed by atoms with E-state index >= 15 is 0 Å². The van der Waals surface area contributed by atoms with E-state index in [1.54, 1.807) is 7.11 Å². The molecule has 2 rings (SSSR count). The van der Waals surface area contributed by atoms with Crippen molar-refractivity contribution >= 4 is 29.3 Å². The lowest BCUT2D eigenvalue weighted by molar-refractivity contribution is -0.123. The smallest absolute Gasteiger partial charge is 0.237 e. The van der Waals surface area contributed by atoms with Gasteiger partial charge in [-0.05, 0) is 44.4 Å². The Morgan fingerprint density at radius 1 is 1.33 bits per heavy atom. The van der Waals surface area contributed by atoms with E-state index < -0.39 is 6.04 Å². The highest BCUT2D eigenvalue weighted by Crippen LogP contribution is 2.31. The molecule has 0 spiro atoms. The van der Waals surface area contributed by atoms with Crippen molar-refractivity contribution in [1.29, 1.82) is 0 Å². The fourth-order valence-electron chi connectivity index (χ4n) is 2.76. The molecule has 24 heavy (non-hydrogen) atoms. The number of aryl methyl sites for hydroxylation is 1. The van der Waals surface area contributed by atoms with Gasteiger partial charge in [-0.15, -0.1) is 12.4 Å². The molecule has 1 unspecified atom stereocenters. The molecule has 0 bridgehead atoms. The summed E-state index contributed by atoms with van der Waals surface area (Å²) in [6.45, 7) is 7.99. The number of nitrogens with one attached hydrogen (secondary N) is 1. The molecule has 0 aliphatic heterocycles. The fraction of sp³-hybridized carbons (Fsp3) is 0.500. The third kappa shape index (κ3) is 4.42. The van der Waals surface area contributed by atoms with Crippen molar-refractivity contribution in [2.24, 2.45) is 11.7 Å². The van der Waals surface area contributed by atoms with Gasteiger partial charge in [0, 0.05) is 10.9 Å². The number of carbonyl (C=O) groups excluding carboxylic acids is 1. The molecule has 0 radical (unpaired) electrons. The number of fused-ring (bicyclic) bond motifs is 1. The number of hydrogen-bond acceptors (Lipinski definition) is 4. The summed E-state index contributed by atoms with van der Waals surface area (Å²) in [4.78, 5) is 12.2. The first-order chi connectivity index (χ1) is 10.8. The van der Waals surface area contributed by atoms with E-state index in [0.717, 1.165) is 28.0 Å². The first kappa shape index (κ1) is 20.3. The molecular formula is C18H27ClN2O3. The number of furan rings is 1. The van der Waals surface area contributed by atoms with Gasteiger partial charge in [0.15, 0.2) is 0 Å². The zero-order valence-electron chi connectivity index (χ0n) is 14.9. The van der Waals surface area contributed by atoms with Crippen LogP contribution in [0, 0.1) is 12.8 Å². The van der Waals surface area contributed by atoms with E-state index in [2.05, 4.69) is 5.32 Å². The number of hydrogen-bond donors (Lipinski definition) is 2. The average molecular weight is 355 g/mol. The molecule has 2 aromatic rings. The standard InChI is InChI=1S/C18H26N2O3.ClH/c1-10(2)8-15(19)18(21)20-12(4)17-11(3)14-9-13(22-5)6-7-16(14)23-17;/h6-7,9-10,12,15H,8,19H2,1-5H3,(H,20,21);1H/t12?,15-;/m0./s1. The maximum absolute atomic E-state index is 12.2. The second-order valence-corrected chi connectivity index (χ2v) is 6.42. The summed E-state index contributed by atoms with van der Waals surface area (Å²) in [5.41, 5.74) is 7.72. The van der Waals surface area contributed by atoms with Gasteiger partial charge in [0.25, 0.3) is 0 Å². The van der Waals surface area contributed by atoms with E-state index in [4.69, 9.17) is 14.9 Å². The number of nitrogens with two attached hydrogens (primary N) is 1. The van der Waals surface area contributed by atoms with Crippen molar-refractivity contribution in [2.45, 2.75) is 46.2 Å². The Morgan fingerprint density at radius 2 is 2.00 bits per heavy atom. The van der Waals surface area contributed by atoms with Gasteiger partial charge in [0.2, 0.25) is 5.91 Å². The Morgan fingerprint density at radius 3 is 2.58 bits per heavy atom. The summed E-state index contributed by atoms with van der Waals surface area (Å²) in [6, 6.07) is 4.94. The van der Waals surface area contributed by atoms with Crippen LogP contribution < -0.4 is 15.8 Å². The molecule has 134 valence electrons. The van der Waals surface area contributed by atoms with Gasteiger partial charge in [-0.25, -0.2) is 0 Å². The summed E-state index contributed by atoms with van der Waals surface area (Å²) >= 11 is 0. The predicted octanol–water partition coefficient (Wildman–Crippen LogP) is 3.72. The second kappa shape index (κ2) is 8.40. The lowest BCUT2D eigenvalue weighted by Crippen LogP contribution is -2.42. The van der Waals surface area contributed by atoms with Crippen molar-refractivity contribution in [1.82, 2.24) is 5.32 Å².